The second-order valence-corrected chi connectivity index (χ2v) is 5.75. The minimum Gasteiger partial charge on any atom is -0.497 e. The number of rotatable bonds is 6. The number of anilines is 1. The number of carbonyl (C=O) groups excluding carboxylic acids is 2. The van der Waals surface area contributed by atoms with E-state index in [1.807, 2.05) is 0 Å². The van der Waals surface area contributed by atoms with Crippen molar-refractivity contribution in [3.8, 4) is 5.75 Å². The predicted octanol–water partition coefficient (Wildman–Crippen LogP) is 4.30. The van der Waals surface area contributed by atoms with Gasteiger partial charge in [0.1, 0.15) is 5.75 Å². The maximum absolute atomic E-state index is 12.5. The maximum Gasteiger partial charge on any atom is 0.416 e. The number of methoxy groups -OCH3 is 1. The van der Waals surface area contributed by atoms with Gasteiger partial charge in [0.2, 0.25) is 0 Å². The van der Waals surface area contributed by atoms with Crippen LogP contribution in [-0.4, -0.2) is 25.1 Å². The van der Waals surface area contributed by atoms with Gasteiger partial charge in [0, 0.05) is 11.8 Å². The number of ether oxygens (including phenoxy) is 2. The Bertz CT molecular complexity index is 843. The molecule has 5 nitrogen and oxygen atoms in total. The highest BCUT2D eigenvalue weighted by atomic mass is 19.4. The Morgan fingerprint density at radius 2 is 1.64 bits per heavy atom. The van der Waals surface area contributed by atoms with Gasteiger partial charge in [0.15, 0.2) is 6.10 Å². The molecule has 0 fully saturated rings. The van der Waals surface area contributed by atoms with Gasteiger partial charge in [-0.25, -0.2) is 4.79 Å². The van der Waals surface area contributed by atoms with E-state index in [4.69, 9.17) is 9.47 Å². The number of benzene rings is 2. The number of amides is 1. The first kappa shape index (κ1) is 21.0. The summed E-state index contributed by atoms with van der Waals surface area (Å²) < 4.78 is 47.6. The topological polar surface area (TPSA) is 64.6 Å². The van der Waals surface area contributed by atoms with Gasteiger partial charge >= 0.3 is 12.1 Å². The number of esters is 1. The van der Waals surface area contributed by atoms with Gasteiger partial charge in [-0.3, -0.25) is 4.79 Å². The molecule has 1 amide bonds. The minimum atomic E-state index is -4.46. The fourth-order valence-electron chi connectivity index (χ4n) is 2.13. The van der Waals surface area contributed by atoms with Crippen LogP contribution in [0.25, 0.3) is 6.08 Å². The van der Waals surface area contributed by atoms with E-state index in [1.54, 1.807) is 31.4 Å². The van der Waals surface area contributed by atoms with Crippen molar-refractivity contribution in [1.82, 2.24) is 0 Å². The zero-order valence-electron chi connectivity index (χ0n) is 15.1. The number of hydrogen-bond donors (Lipinski definition) is 1. The van der Waals surface area contributed by atoms with Crippen molar-refractivity contribution in [1.29, 1.82) is 0 Å². The predicted molar refractivity (Wildman–Crippen MR) is 97.7 cm³/mol. The molecular weight excluding hydrogens is 375 g/mol. The van der Waals surface area contributed by atoms with Crippen LogP contribution in [0.3, 0.4) is 0 Å². The minimum absolute atomic E-state index is 0.162. The number of halogens is 3. The molecule has 2 rings (SSSR count). The molecule has 2 aromatic rings. The lowest BCUT2D eigenvalue weighted by molar-refractivity contribution is -0.148. The largest absolute Gasteiger partial charge is 0.497 e. The zero-order chi connectivity index (χ0) is 20.7. The number of nitrogens with one attached hydrogen (secondary N) is 1. The van der Waals surface area contributed by atoms with Crippen LogP contribution in [0.1, 0.15) is 18.1 Å². The van der Waals surface area contributed by atoms with Crippen LogP contribution in [-0.2, 0) is 20.5 Å². The Kier molecular flexibility index (Phi) is 6.81. The van der Waals surface area contributed by atoms with E-state index < -0.39 is 29.7 Å². The van der Waals surface area contributed by atoms with Gasteiger partial charge in [0.25, 0.3) is 5.91 Å². The van der Waals surface area contributed by atoms with Crippen LogP contribution in [0.2, 0.25) is 0 Å². The SMILES string of the molecule is COc1ccc(/C=C/C(=O)O[C@@H](C)C(=O)Nc2ccc(C(F)(F)F)cc2)cc1. The summed E-state index contributed by atoms with van der Waals surface area (Å²) in [7, 11) is 1.54. The average molecular weight is 393 g/mol. The van der Waals surface area contributed by atoms with Crippen molar-refractivity contribution >= 4 is 23.6 Å². The standard InChI is InChI=1S/C20H18F3NO4/c1-13(19(26)24-16-8-6-15(7-9-16)20(21,22)23)28-18(25)12-5-14-3-10-17(27-2)11-4-14/h3-13H,1-2H3,(H,24,26)/b12-5+/t13-/m0/s1. The van der Waals surface area contributed by atoms with E-state index in [0.717, 1.165) is 29.8 Å². The van der Waals surface area contributed by atoms with E-state index in [2.05, 4.69) is 5.32 Å². The molecule has 0 aliphatic carbocycles. The molecule has 1 N–H and O–H groups in total. The molecule has 0 aromatic heterocycles. The highest BCUT2D eigenvalue weighted by Crippen LogP contribution is 2.29. The van der Waals surface area contributed by atoms with Crippen molar-refractivity contribution in [2.75, 3.05) is 12.4 Å². The van der Waals surface area contributed by atoms with Crippen LogP contribution in [0, 0.1) is 0 Å². The first-order chi connectivity index (χ1) is 13.2. The average Bonchev–Trinajstić information content (AvgIpc) is 2.66. The van der Waals surface area contributed by atoms with E-state index in [9.17, 15) is 22.8 Å². The molecule has 0 bridgehead atoms. The number of carbonyl (C=O) groups is 2. The summed E-state index contributed by atoms with van der Waals surface area (Å²) in [4.78, 5) is 23.8. The molecule has 0 aliphatic rings. The Labute approximate surface area is 159 Å². The second kappa shape index (κ2) is 9.07. The first-order valence-corrected chi connectivity index (χ1v) is 8.20. The molecular formula is C20H18F3NO4. The van der Waals surface area contributed by atoms with Crippen LogP contribution in [0.4, 0.5) is 18.9 Å². The monoisotopic (exact) mass is 393 g/mol. The van der Waals surface area contributed by atoms with Crippen molar-refractivity contribution in [2.45, 2.75) is 19.2 Å². The fraction of sp³-hybridized carbons (Fsp3) is 0.200. The van der Waals surface area contributed by atoms with Gasteiger partial charge in [-0.05, 0) is 55.0 Å². The summed E-state index contributed by atoms with van der Waals surface area (Å²) in [5.41, 5.74) is 0.0722. The van der Waals surface area contributed by atoms with Crippen LogP contribution in [0.15, 0.2) is 54.6 Å². The molecule has 0 unspecified atom stereocenters. The molecule has 0 aliphatic heterocycles. The van der Waals surface area contributed by atoms with E-state index >= 15 is 0 Å². The molecule has 0 heterocycles. The normalized spacial score (nSPS) is 12.5. The molecule has 0 radical (unpaired) electrons. The summed E-state index contributed by atoms with van der Waals surface area (Å²) >= 11 is 0. The summed E-state index contributed by atoms with van der Waals surface area (Å²) in [6.45, 7) is 1.36. The molecule has 8 heteroatoms. The summed E-state index contributed by atoms with van der Waals surface area (Å²) in [6.07, 6.45) is -2.90. The highest BCUT2D eigenvalue weighted by molar-refractivity contribution is 5.96. The Morgan fingerprint density at radius 3 is 2.18 bits per heavy atom. The lowest BCUT2D eigenvalue weighted by Crippen LogP contribution is -2.29. The third-order valence-corrected chi connectivity index (χ3v) is 3.67. The molecule has 28 heavy (non-hydrogen) atoms. The quantitative estimate of drug-likeness (QED) is 0.587. The molecule has 0 spiro atoms. The van der Waals surface area contributed by atoms with E-state index in [1.165, 1.54) is 19.1 Å². The highest BCUT2D eigenvalue weighted by Gasteiger charge is 2.30. The van der Waals surface area contributed by atoms with Crippen molar-refractivity contribution in [3.63, 3.8) is 0 Å². The molecule has 1 atom stereocenters. The van der Waals surface area contributed by atoms with Crippen LogP contribution >= 0.6 is 0 Å². The van der Waals surface area contributed by atoms with Gasteiger partial charge in [-0.15, -0.1) is 0 Å². The maximum atomic E-state index is 12.5. The molecule has 0 saturated heterocycles. The lowest BCUT2D eigenvalue weighted by atomic mass is 10.2. The van der Waals surface area contributed by atoms with Gasteiger partial charge in [-0.1, -0.05) is 12.1 Å². The Balaban J connectivity index is 1.88. The Hall–Kier alpha value is -3.29. The van der Waals surface area contributed by atoms with Crippen molar-refractivity contribution in [3.05, 3.63) is 65.7 Å². The third kappa shape index (κ3) is 6.15. The zero-order valence-corrected chi connectivity index (χ0v) is 15.1. The van der Waals surface area contributed by atoms with Crippen molar-refractivity contribution < 1.29 is 32.2 Å². The van der Waals surface area contributed by atoms with Gasteiger partial charge < -0.3 is 14.8 Å². The summed E-state index contributed by atoms with van der Waals surface area (Å²) in [6, 6.07) is 10.9. The molecule has 148 valence electrons. The number of hydrogen-bond acceptors (Lipinski definition) is 4. The van der Waals surface area contributed by atoms with Crippen LogP contribution < -0.4 is 10.1 Å². The first-order valence-electron chi connectivity index (χ1n) is 8.20. The Morgan fingerprint density at radius 1 is 1.04 bits per heavy atom. The summed E-state index contributed by atoms with van der Waals surface area (Å²) in [5.74, 6) is -0.717. The van der Waals surface area contributed by atoms with Crippen LogP contribution in [0.5, 0.6) is 5.75 Å². The van der Waals surface area contributed by atoms with Crippen molar-refractivity contribution in [2.24, 2.45) is 0 Å². The second-order valence-electron chi connectivity index (χ2n) is 5.75. The number of alkyl halides is 3. The van der Waals surface area contributed by atoms with E-state index in [0.29, 0.717) is 5.75 Å². The summed E-state index contributed by atoms with van der Waals surface area (Å²) in [5, 5.41) is 2.39. The van der Waals surface area contributed by atoms with Gasteiger partial charge in [-0.2, -0.15) is 13.2 Å². The smallest absolute Gasteiger partial charge is 0.416 e. The molecule has 0 saturated carbocycles. The van der Waals surface area contributed by atoms with E-state index in [-0.39, 0.29) is 5.69 Å². The fourth-order valence-corrected chi connectivity index (χ4v) is 2.13. The third-order valence-electron chi connectivity index (χ3n) is 3.67. The van der Waals surface area contributed by atoms with Gasteiger partial charge in [0.05, 0.1) is 12.7 Å². The molecule has 2 aromatic carbocycles. The lowest BCUT2D eigenvalue weighted by Gasteiger charge is -2.13.